The van der Waals surface area contributed by atoms with Crippen molar-refractivity contribution in [3.63, 3.8) is 0 Å². The van der Waals surface area contributed by atoms with Crippen LogP contribution in [0.3, 0.4) is 0 Å². The minimum Gasteiger partial charge on any atom is -0.496 e. The number of aromatic nitrogens is 2. The number of hydrogen-bond donors (Lipinski definition) is 1. The quantitative estimate of drug-likeness (QED) is 0.691. The Morgan fingerprint density at radius 1 is 1.16 bits per heavy atom. The largest absolute Gasteiger partial charge is 0.496 e. The maximum atomic E-state index is 13.0. The van der Waals surface area contributed by atoms with E-state index < -0.39 is 0 Å². The van der Waals surface area contributed by atoms with Crippen LogP contribution in [-0.4, -0.2) is 53.2 Å². The topological polar surface area (TPSA) is 76.5 Å². The van der Waals surface area contributed by atoms with Gasteiger partial charge < -0.3 is 15.0 Å². The van der Waals surface area contributed by atoms with Crippen LogP contribution >= 0.6 is 0 Å². The Labute approximate surface area is 181 Å². The molecule has 1 saturated heterocycles. The van der Waals surface area contributed by atoms with Crippen molar-refractivity contribution in [2.45, 2.75) is 6.42 Å². The first-order valence-electron chi connectivity index (χ1n) is 10.3. The van der Waals surface area contributed by atoms with Crippen LogP contribution in [0.5, 0.6) is 5.75 Å². The molecule has 1 aliphatic rings. The average Bonchev–Trinajstić information content (AvgIpc) is 3.15. The summed E-state index contributed by atoms with van der Waals surface area (Å²) in [6, 6.07) is 15.9. The molecule has 2 heterocycles. The smallest absolute Gasteiger partial charge is 0.257 e. The summed E-state index contributed by atoms with van der Waals surface area (Å²) in [6.07, 6.45) is 3.79. The normalized spacial score (nSPS) is 16.5. The Balaban J connectivity index is 1.61. The third-order valence-electron chi connectivity index (χ3n) is 5.61. The maximum Gasteiger partial charge on any atom is 0.257 e. The molecule has 160 valence electrons. The van der Waals surface area contributed by atoms with Gasteiger partial charge in [-0.3, -0.25) is 14.3 Å². The van der Waals surface area contributed by atoms with Gasteiger partial charge in [-0.2, -0.15) is 5.10 Å². The second-order valence-corrected chi connectivity index (χ2v) is 7.70. The molecule has 1 aliphatic heterocycles. The fraction of sp³-hybridized carbons (Fsp3) is 0.292. The van der Waals surface area contributed by atoms with Gasteiger partial charge in [0.2, 0.25) is 5.91 Å². The van der Waals surface area contributed by atoms with Crippen molar-refractivity contribution in [1.82, 2.24) is 20.0 Å². The molecule has 1 atom stereocenters. The van der Waals surface area contributed by atoms with Gasteiger partial charge in [0.15, 0.2) is 0 Å². The van der Waals surface area contributed by atoms with Gasteiger partial charge in [-0.1, -0.05) is 42.5 Å². The van der Waals surface area contributed by atoms with E-state index in [0.29, 0.717) is 31.6 Å². The lowest BCUT2D eigenvalue weighted by Gasteiger charge is -2.23. The van der Waals surface area contributed by atoms with Crippen molar-refractivity contribution in [2.24, 2.45) is 13.0 Å². The van der Waals surface area contributed by atoms with Gasteiger partial charge in [-0.25, -0.2) is 0 Å². The average molecular weight is 418 g/mol. The molecular formula is C24H26N4O3. The Hall–Kier alpha value is -3.61. The number of benzene rings is 2. The zero-order chi connectivity index (χ0) is 21.8. The number of para-hydroxylation sites is 1. The highest BCUT2D eigenvalue weighted by Gasteiger charge is 2.29. The zero-order valence-corrected chi connectivity index (χ0v) is 17.7. The first-order valence-corrected chi connectivity index (χ1v) is 10.3. The molecular weight excluding hydrogens is 392 g/mol. The van der Waals surface area contributed by atoms with E-state index in [1.165, 1.54) is 0 Å². The van der Waals surface area contributed by atoms with E-state index in [9.17, 15) is 9.59 Å². The third kappa shape index (κ3) is 4.45. The summed E-state index contributed by atoms with van der Waals surface area (Å²) in [5.41, 5.74) is 3.59. The van der Waals surface area contributed by atoms with Crippen molar-refractivity contribution in [2.75, 3.05) is 26.7 Å². The van der Waals surface area contributed by atoms with E-state index in [-0.39, 0.29) is 17.7 Å². The number of nitrogens with zero attached hydrogens (tertiary/aromatic N) is 3. The summed E-state index contributed by atoms with van der Waals surface area (Å²) in [5, 5.41) is 7.05. The van der Waals surface area contributed by atoms with Crippen molar-refractivity contribution in [3.05, 3.63) is 72.1 Å². The molecule has 1 unspecified atom stereocenters. The molecule has 0 bridgehead atoms. The molecule has 7 nitrogen and oxygen atoms in total. The zero-order valence-electron chi connectivity index (χ0n) is 17.7. The number of amides is 2. The Kier molecular flexibility index (Phi) is 6.02. The van der Waals surface area contributed by atoms with Gasteiger partial charge in [-0.05, 0) is 23.6 Å². The molecule has 31 heavy (non-hydrogen) atoms. The summed E-state index contributed by atoms with van der Waals surface area (Å²) in [4.78, 5) is 27.5. The second kappa shape index (κ2) is 9.04. The van der Waals surface area contributed by atoms with Gasteiger partial charge in [0.1, 0.15) is 5.75 Å². The molecule has 0 spiro atoms. The van der Waals surface area contributed by atoms with Crippen molar-refractivity contribution >= 4 is 11.8 Å². The molecule has 0 saturated carbocycles. The summed E-state index contributed by atoms with van der Waals surface area (Å²) in [5.74, 6) is 0.302. The molecule has 3 aromatic rings. The highest BCUT2D eigenvalue weighted by Crippen LogP contribution is 2.33. The van der Waals surface area contributed by atoms with Crippen LogP contribution in [0.1, 0.15) is 15.9 Å². The van der Waals surface area contributed by atoms with Crippen LogP contribution < -0.4 is 10.1 Å². The Morgan fingerprint density at radius 2 is 1.90 bits per heavy atom. The van der Waals surface area contributed by atoms with Gasteiger partial charge in [0.25, 0.3) is 5.91 Å². The number of nitrogens with one attached hydrogen (secondary N) is 1. The first-order chi connectivity index (χ1) is 15.1. The van der Waals surface area contributed by atoms with Gasteiger partial charge in [0, 0.05) is 38.4 Å². The van der Waals surface area contributed by atoms with Gasteiger partial charge in [-0.15, -0.1) is 0 Å². The number of methoxy groups -OCH3 is 1. The standard InChI is InChI=1S/C24H26N4O3/c1-27-15-19(14-26-27)24(30)28-12-11-25-23(29)18(16-28)13-17-7-3-4-8-20(17)21-9-5-6-10-22(21)31-2/h3-10,14-15,18H,11-13,16H2,1-2H3,(H,25,29). The minimum atomic E-state index is -0.348. The lowest BCUT2D eigenvalue weighted by molar-refractivity contribution is -0.124. The molecule has 2 amide bonds. The number of ether oxygens (including phenoxy) is 1. The number of carbonyl (C=O) groups is 2. The summed E-state index contributed by atoms with van der Waals surface area (Å²) in [7, 11) is 3.43. The highest BCUT2D eigenvalue weighted by atomic mass is 16.5. The van der Waals surface area contributed by atoms with Crippen LogP contribution in [0.15, 0.2) is 60.9 Å². The lowest BCUT2D eigenvalue weighted by atomic mass is 9.91. The fourth-order valence-corrected chi connectivity index (χ4v) is 4.05. The van der Waals surface area contributed by atoms with Crippen LogP contribution in [0.4, 0.5) is 0 Å². The number of hydrogen-bond acceptors (Lipinski definition) is 4. The number of rotatable bonds is 5. The summed E-state index contributed by atoms with van der Waals surface area (Å²) in [6.45, 7) is 1.28. The Bertz CT molecular complexity index is 1090. The van der Waals surface area contributed by atoms with E-state index in [0.717, 1.165) is 22.4 Å². The van der Waals surface area contributed by atoms with Crippen molar-refractivity contribution in [3.8, 4) is 16.9 Å². The van der Waals surface area contributed by atoms with Crippen molar-refractivity contribution in [1.29, 1.82) is 0 Å². The molecule has 0 aliphatic carbocycles. The van der Waals surface area contributed by atoms with E-state index in [2.05, 4.69) is 10.4 Å². The van der Waals surface area contributed by atoms with E-state index in [1.54, 1.807) is 36.1 Å². The molecule has 0 radical (unpaired) electrons. The van der Waals surface area contributed by atoms with Crippen LogP contribution in [0.25, 0.3) is 11.1 Å². The van der Waals surface area contributed by atoms with E-state index in [4.69, 9.17) is 4.74 Å². The molecule has 1 aromatic heterocycles. The first kappa shape index (κ1) is 20.7. The van der Waals surface area contributed by atoms with Gasteiger partial charge >= 0.3 is 0 Å². The number of carbonyl (C=O) groups excluding carboxylic acids is 2. The lowest BCUT2D eigenvalue weighted by Crippen LogP contribution is -2.37. The number of aryl methyl sites for hydroxylation is 1. The van der Waals surface area contributed by atoms with E-state index >= 15 is 0 Å². The predicted molar refractivity (Wildman–Crippen MR) is 118 cm³/mol. The molecule has 2 aromatic carbocycles. The predicted octanol–water partition coefficient (Wildman–Crippen LogP) is 2.53. The minimum absolute atomic E-state index is 0.0312. The van der Waals surface area contributed by atoms with Crippen molar-refractivity contribution < 1.29 is 14.3 Å². The molecule has 1 N–H and O–H groups in total. The van der Waals surface area contributed by atoms with Crippen LogP contribution in [0.2, 0.25) is 0 Å². The molecule has 1 fully saturated rings. The van der Waals surface area contributed by atoms with Gasteiger partial charge in [0.05, 0.1) is 24.8 Å². The molecule has 4 rings (SSSR count). The molecule has 7 heteroatoms. The van der Waals surface area contributed by atoms with Crippen LogP contribution in [0, 0.1) is 5.92 Å². The fourth-order valence-electron chi connectivity index (χ4n) is 4.05. The SMILES string of the molecule is COc1ccccc1-c1ccccc1CC1CN(C(=O)c2cnn(C)c2)CCNC1=O. The summed E-state index contributed by atoms with van der Waals surface area (Å²) < 4.78 is 7.15. The second-order valence-electron chi connectivity index (χ2n) is 7.70. The van der Waals surface area contributed by atoms with E-state index in [1.807, 2.05) is 48.5 Å². The third-order valence-corrected chi connectivity index (χ3v) is 5.61. The van der Waals surface area contributed by atoms with Crippen LogP contribution in [-0.2, 0) is 18.3 Å². The maximum absolute atomic E-state index is 13.0. The highest BCUT2D eigenvalue weighted by molar-refractivity contribution is 5.94. The Morgan fingerprint density at radius 3 is 2.65 bits per heavy atom. The monoisotopic (exact) mass is 418 g/mol. The summed E-state index contributed by atoms with van der Waals surface area (Å²) >= 11 is 0.